The van der Waals surface area contributed by atoms with Crippen LogP contribution in [0, 0.1) is 13.8 Å². The van der Waals surface area contributed by atoms with Crippen molar-refractivity contribution in [2.45, 2.75) is 38.5 Å². The zero-order valence-electron chi connectivity index (χ0n) is 20.0. The Morgan fingerprint density at radius 2 is 1.77 bits per heavy atom. The van der Waals surface area contributed by atoms with Crippen molar-refractivity contribution in [3.8, 4) is 5.69 Å². The minimum Gasteiger partial charge on any atom is -0.340 e. The molecule has 10 heteroatoms. The number of sulfonamides is 1. The van der Waals surface area contributed by atoms with Crippen molar-refractivity contribution in [2.24, 2.45) is 0 Å². The Bertz CT molecular complexity index is 1400. The van der Waals surface area contributed by atoms with Gasteiger partial charge in [-0.1, -0.05) is 19.4 Å². The SMILES string of the molecule is CCCCNS(=O)(=O)c1cccc(Nc2nc(Nc3ccc(-n4cnc(C)c4)cc3)ncc2C)c1. The van der Waals surface area contributed by atoms with Gasteiger partial charge in [0.1, 0.15) is 5.82 Å². The largest absolute Gasteiger partial charge is 0.340 e. The van der Waals surface area contributed by atoms with Crippen LogP contribution in [0.5, 0.6) is 0 Å². The summed E-state index contributed by atoms with van der Waals surface area (Å²) < 4.78 is 29.7. The molecule has 0 bridgehead atoms. The summed E-state index contributed by atoms with van der Waals surface area (Å²) in [6, 6.07) is 14.5. The van der Waals surface area contributed by atoms with Gasteiger partial charge in [0.05, 0.1) is 16.9 Å². The lowest BCUT2D eigenvalue weighted by atomic mass is 10.2. The number of hydrogen-bond donors (Lipinski definition) is 3. The van der Waals surface area contributed by atoms with Gasteiger partial charge in [0.15, 0.2) is 0 Å². The Kier molecular flexibility index (Phi) is 7.42. The Hall–Kier alpha value is -3.76. The van der Waals surface area contributed by atoms with Crippen LogP contribution in [0.15, 0.2) is 72.1 Å². The third-order valence-corrected chi connectivity index (χ3v) is 6.79. The standard InChI is InChI=1S/C25H29N7O2S/c1-4-5-13-28-35(33,34)23-8-6-7-21(14-23)29-24-18(2)15-26-25(31-24)30-20-9-11-22(12-10-20)32-16-19(3)27-17-32/h6-12,14-17,28H,4-5,13H2,1-3H3,(H2,26,29,30,31). The van der Waals surface area contributed by atoms with Crippen LogP contribution in [0.2, 0.25) is 0 Å². The van der Waals surface area contributed by atoms with Crippen LogP contribution >= 0.6 is 0 Å². The molecule has 0 spiro atoms. The molecule has 9 nitrogen and oxygen atoms in total. The molecule has 0 saturated carbocycles. The van der Waals surface area contributed by atoms with E-state index in [0.717, 1.165) is 35.5 Å². The van der Waals surface area contributed by atoms with Crippen molar-refractivity contribution in [1.29, 1.82) is 0 Å². The lowest BCUT2D eigenvalue weighted by Gasteiger charge is -2.13. The van der Waals surface area contributed by atoms with E-state index in [4.69, 9.17) is 0 Å². The number of nitrogens with one attached hydrogen (secondary N) is 3. The highest BCUT2D eigenvalue weighted by atomic mass is 32.2. The summed E-state index contributed by atoms with van der Waals surface area (Å²) in [5.41, 5.74) is 4.25. The molecule has 35 heavy (non-hydrogen) atoms. The molecule has 0 unspecified atom stereocenters. The Morgan fingerprint density at radius 1 is 0.971 bits per heavy atom. The molecule has 182 valence electrons. The Balaban J connectivity index is 1.48. The predicted molar refractivity (Wildman–Crippen MR) is 138 cm³/mol. The molecular formula is C25H29N7O2S. The minimum absolute atomic E-state index is 0.205. The molecule has 0 aliphatic carbocycles. The third kappa shape index (κ3) is 6.23. The number of anilines is 4. The van der Waals surface area contributed by atoms with Crippen LogP contribution in [0.4, 0.5) is 23.1 Å². The Labute approximate surface area is 205 Å². The molecule has 4 aromatic rings. The van der Waals surface area contributed by atoms with Crippen molar-refractivity contribution in [1.82, 2.24) is 24.2 Å². The maximum Gasteiger partial charge on any atom is 0.240 e. The minimum atomic E-state index is -3.57. The fourth-order valence-corrected chi connectivity index (χ4v) is 4.50. The zero-order valence-corrected chi connectivity index (χ0v) is 20.8. The highest BCUT2D eigenvalue weighted by Gasteiger charge is 2.14. The van der Waals surface area contributed by atoms with E-state index in [9.17, 15) is 8.42 Å². The van der Waals surface area contributed by atoms with E-state index in [1.165, 1.54) is 0 Å². The maximum atomic E-state index is 12.6. The van der Waals surface area contributed by atoms with Gasteiger partial charge in [-0.2, -0.15) is 4.98 Å². The fourth-order valence-electron chi connectivity index (χ4n) is 3.38. The van der Waals surface area contributed by atoms with E-state index in [1.807, 2.05) is 55.8 Å². The maximum absolute atomic E-state index is 12.6. The molecule has 0 atom stereocenters. The first-order valence-corrected chi connectivity index (χ1v) is 12.9. The van der Waals surface area contributed by atoms with E-state index in [1.54, 1.807) is 36.8 Å². The van der Waals surface area contributed by atoms with Crippen molar-refractivity contribution >= 4 is 33.2 Å². The number of aromatic nitrogens is 4. The van der Waals surface area contributed by atoms with E-state index < -0.39 is 10.0 Å². The number of aryl methyl sites for hydroxylation is 2. The lowest BCUT2D eigenvalue weighted by Crippen LogP contribution is -2.24. The average molecular weight is 492 g/mol. The Morgan fingerprint density at radius 3 is 2.49 bits per heavy atom. The molecule has 4 rings (SSSR count). The van der Waals surface area contributed by atoms with E-state index >= 15 is 0 Å². The lowest BCUT2D eigenvalue weighted by molar-refractivity contribution is 0.578. The van der Waals surface area contributed by atoms with Crippen LogP contribution in [0.3, 0.4) is 0 Å². The normalized spacial score (nSPS) is 11.4. The summed E-state index contributed by atoms with van der Waals surface area (Å²) in [6.07, 6.45) is 7.17. The third-order valence-electron chi connectivity index (χ3n) is 5.33. The molecule has 2 heterocycles. The van der Waals surface area contributed by atoms with Crippen molar-refractivity contribution in [3.63, 3.8) is 0 Å². The first-order chi connectivity index (χ1) is 16.8. The second-order valence-corrected chi connectivity index (χ2v) is 9.99. The molecule has 0 aliphatic rings. The predicted octanol–water partition coefficient (Wildman–Crippen LogP) is 4.84. The first-order valence-electron chi connectivity index (χ1n) is 11.4. The van der Waals surface area contributed by atoms with E-state index in [-0.39, 0.29) is 4.90 Å². The van der Waals surface area contributed by atoms with Gasteiger partial charge in [-0.3, -0.25) is 0 Å². The highest BCUT2D eigenvalue weighted by Crippen LogP contribution is 2.23. The number of hydrogen-bond acceptors (Lipinski definition) is 7. The summed E-state index contributed by atoms with van der Waals surface area (Å²) in [6.45, 7) is 6.27. The van der Waals surface area contributed by atoms with E-state index in [0.29, 0.717) is 24.0 Å². The van der Waals surface area contributed by atoms with Gasteiger partial charge in [-0.25, -0.2) is 23.1 Å². The molecule has 2 aromatic carbocycles. The topological polar surface area (TPSA) is 114 Å². The fraction of sp³-hybridized carbons (Fsp3) is 0.240. The van der Waals surface area contributed by atoms with E-state index in [2.05, 4.69) is 30.3 Å². The molecular weight excluding hydrogens is 462 g/mol. The van der Waals surface area contributed by atoms with Gasteiger partial charge in [-0.05, 0) is 62.7 Å². The van der Waals surface area contributed by atoms with Crippen LogP contribution < -0.4 is 15.4 Å². The quantitative estimate of drug-likeness (QED) is 0.272. The van der Waals surface area contributed by atoms with Crippen molar-refractivity contribution in [3.05, 3.63) is 78.5 Å². The number of nitrogens with zero attached hydrogens (tertiary/aromatic N) is 4. The molecule has 0 radical (unpaired) electrons. The number of unbranched alkanes of at least 4 members (excludes halogenated alkanes) is 1. The molecule has 3 N–H and O–H groups in total. The smallest absolute Gasteiger partial charge is 0.240 e. The number of imidazole rings is 1. The monoisotopic (exact) mass is 491 g/mol. The second kappa shape index (κ2) is 10.7. The number of benzene rings is 2. The highest BCUT2D eigenvalue weighted by molar-refractivity contribution is 7.89. The summed E-state index contributed by atoms with van der Waals surface area (Å²) in [5, 5.41) is 6.43. The van der Waals surface area contributed by atoms with Crippen LogP contribution in [0.1, 0.15) is 31.0 Å². The number of rotatable bonds is 10. The average Bonchev–Trinajstić information content (AvgIpc) is 3.28. The molecule has 2 aromatic heterocycles. The van der Waals surface area contributed by atoms with Crippen LogP contribution in [-0.2, 0) is 10.0 Å². The first kappa shape index (κ1) is 24.4. The van der Waals surface area contributed by atoms with Gasteiger partial charge in [-0.15, -0.1) is 0 Å². The molecule has 0 saturated heterocycles. The molecule has 0 aliphatic heterocycles. The van der Waals surface area contributed by atoms with Crippen LogP contribution in [-0.4, -0.2) is 34.5 Å². The summed E-state index contributed by atoms with van der Waals surface area (Å²) in [4.78, 5) is 13.4. The van der Waals surface area contributed by atoms with Gasteiger partial charge in [0.2, 0.25) is 16.0 Å². The molecule has 0 amide bonds. The van der Waals surface area contributed by atoms with Gasteiger partial charge in [0, 0.05) is 41.6 Å². The van der Waals surface area contributed by atoms with Gasteiger partial charge < -0.3 is 15.2 Å². The summed E-state index contributed by atoms with van der Waals surface area (Å²) in [7, 11) is -3.57. The van der Waals surface area contributed by atoms with Crippen LogP contribution in [0.25, 0.3) is 5.69 Å². The van der Waals surface area contributed by atoms with Gasteiger partial charge in [0.25, 0.3) is 0 Å². The van der Waals surface area contributed by atoms with Crippen molar-refractivity contribution in [2.75, 3.05) is 17.2 Å². The van der Waals surface area contributed by atoms with Crippen molar-refractivity contribution < 1.29 is 8.42 Å². The molecule has 0 fully saturated rings. The zero-order chi connectivity index (χ0) is 24.8. The summed E-state index contributed by atoms with van der Waals surface area (Å²) in [5.74, 6) is 1.01. The summed E-state index contributed by atoms with van der Waals surface area (Å²) >= 11 is 0. The second-order valence-electron chi connectivity index (χ2n) is 8.22. The van der Waals surface area contributed by atoms with Gasteiger partial charge >= 0.3 is 0 Å².